The molecule has 3 N–H and O–H groups in total. The molecule has 0 aromatic heterocycles. The van der Waals surface area contributed by atoms with Gasteiger partial charge in [0.25, 0.3) is 0 Å². The molecule has 24 heavy (non-hydrogen) atoms. The summed E-state index contributed by atoms with van der Waals surface area (Å²) in [5.41, 5.74) is 0. The van der Waals surface area contributed by atoms with Crippen LogP contribution in [0.25, 0.3) is 0 Å². The molecule has 0 aliphatic heterocycles. The molecule has 0 radical (unpaired) electrons. The number of nitrogens with one attached hydrogen (secondary N) is 3. The van der Waals surface area contributed by atoms with E-state index in [2.05, 4.69) is 22.5 Å². The number of carbonyl (C=O) groups is 3. The fourth-order valence-electron chi connectivity index (χ4n) is 2.08. The van der Waals surface area contributed by atoms with Crippen molar-refractivity contribution in [3.63, 3.8) is 0 Å². The highest BCUT2D eigenvalue weighted by molar-refractivity contribution is 5.91. The first-order valence-electron chi connectivity index (χ1n) is 8.27. The van der Waals surface area contributed by atoms with E-state index in [1.807, 2.05) is 27.7 Å². The zero-order valence-electron chi connectivity index (χ0n) is 15.3. The number of amides is 2. The van der Waals surface area contributed by atoms with E-state index in [1.54, 1.807) is 6.08 Å². The molecule has 0 aliphatic rings. The van der Waals surface area contributed by atoms with Gasteiger partial charge in [0.05, 0.1) is 13.7 Å². The van der Waals surface area contributed by atoms with E-state index < -0.39 is 18.1 Å². The third kappa shape index (κ3) is 7.59. The van der Waals surface area contributed by atoms with Crippen LogP contribution in [0.4, 0.5) is 0 Å². The van der Waals surface area contributed by atoms with Gasteiger partial charge in [-0.05, 0) is 11.8 Å². The van der Waals surface area contributed by atoms with Crippen molar-refractivity contribution in [2.75, 3.05) is 20.2 Å². The summed E-state index contributed by atoms with van der Waals surface area (Å²) in [6.07, 6.45) is 2.36. The van der Waals surface area contributed by atoms with E-state index in [9.17, 15) is 14.4 Å². The lowest BCUT2D eigenvalue weighted by Crippen LogP contribution is -2.56. The highest BCUT2D eigenvalue weighted by Crippen LogP contribution is 2.10. The van der Waals surface area contributed by atoms with Crippen molar-refractivity contribution in [2.45, 2.75) is 46.2 Å². The van der Waals surface area contributed by atoms with E-state index in [0.717, 1.165) is 0 Å². The molecule has 0 rings (SSSR count). The van der Waals surface area contributed by atoms with Crippen molar-refractivity contribution >= 4 is 17.8 Å². The van der Waals surface area contributed by atoms with Crippen molar-refractivity contribution in [3.8, 4) is 0 Å². The predicted octanol–water partition coefficient (Wildman–Crippen LogP) is 0.607. The zero-order valence-corrected chi connectivity index (χ0v) is 15.3. The lowest BCUT2D eigenvalue weighted by atomic mass is 9.96. The van der Waals surface area contributed by atoms with Gasteiger partial charge in [0.1, 0.15) is 12.1 Å². The summed E-state index contributed by atoms with van der Waals surface area (Å²) in [5.74, 6) is -1.36. The van der Waals surface area contributed by atoms with Crippen LogP contribution in [0.2, 0.25) is 0 Å². The SMILES string of the molecule is C=CCNCC(=O)N[C@H](C(=O)N[C@H](C(=O)OC)C(C)C)[C@@H](C)CC. The number of hydrogen-bond acceptors (Lipinski definition) is 5. The molecule has 0 saturated heterocycles. The molecule has 0 fully saturated rings. The third-order valence-corrected chi connectivity index (χ3v) is 3.81. The van der Waals surface area contributed by atoms with Crippen LogP contribution in [0.3, 0.4) is 0 Å². The van der Waals surface area contributed by atoms with Gasteiger partial charge in [-0.25, -0.2) is 4.79 Å². The number of esters is 1. The van der Waals surface area contributed by atoms with Crippen LogP contribution in [-0.4, -0.2) is 50.1 Å². The topological polar surface area (TPSA) is 96.5 Å². The summed E-state index contributed by atoms with van der Waals surface area (Å²) in [6.45, 7) is 11.6. The van der Waals surface area contributed by atoms with Gasteiger partial charge in [0.2, 0.25) is 11.8 Å². The second kappa shape index (κ2) is 11.6. The van der Waals surface area contributed by atoms with Crippen molar-refractivity contribution in [3.05, 3.63) is 12.7 Å². The second-order valence-electron chi connectivity index (χ2n) is 6.10. The number of rotatable bonds is 11. The second-order valence-corrected chi connectivity index (χ2v) is 6.10. The average molecular weight is 341 g/mol. The number of hydrogen-bond donors (Lipinski definition) is 3. The molecular formula is C17H31N3O4. The van der Waals surface area contributed by atoms with Crippen molar-refractivity contribution in [2.24, 2.45) is 11.8 Å². The molecule has 138 valence electrons. The molecule has 0 saturated carbocycles. The Morgan fingerprint density at radius 2 is 1.75 bits per heavy atom. The van der Waals surface area contributed by atoms with E-state index in [-0.39, 0.29) is 30.2 Å². The van der Waals surface area contributed by atoms with Crippen molar-refractivity contribution in [1.29, 1.82) is 0 Å². The minimum absolute atomic E-state index is 0.0705. The zero-order chi connectivity index (χ0) is 18.7. The lowest BCUT2D eigenvalue weighted by molar-refractivity contribution is -0.146. The largest absolute Gasteiger partial charge is 0.467 e. The summed E-state index contributed by atoms with van der Waals surface area (Å²) in [4.78, 5) is 36.4. The molecule has 0 unspecified atom stereocenters. The maximum atomic E-state index is 12.6. The standard InChI is InChI=1S/C17H31N3O4/c1-7-9-18-10-13(21)19-15(12(5)8-2)16(22)20-14(11(3)4)17(23)24-6/h7,11-12,14-15,18H,1,8-10H2,2-6H3,(H,19,21)(H,20,22)/t12-,14-,15-/m0/s1. The van der Waals surface area contributed by atoms with E-state index in [1.165, 1.54) is 7.11 Å². The van der Waals surface area contributed by atoms with Crippen molar-refractivity contribution < 1.29 is 19.1 Å². The molecule has 0 spiro atoms. The Morgan fingerprint density at radius 1 is 1.12 bits per heavy atom. The normalized spacial score (nSPS) is 14.4. The highest BCUT2D eigenvalue weighted by Gasteiger charge is 2.31. The van der Waals surface area contributed by atoms with Gasteiger partial charge in [-0.2, -0.15) is 0 Å². The molecule has 0 aromatic rings. The Morgan fingerprint density at radius 3 is 2.21 bits per heavy atom. The maximum Gasteiger partial charge on any atom is 0.328 e. The third-order valence-electron chi connectivity index (χ3n) is 3.81. The molecule has 7 nitrogen and oxygen atoms in total. The number of ether oxygens (including phenoxy) is 1. The summed E-state index contributed by atoms with van der Waals surface area (Å²) in [7, 11) is 1.28. The molecule has 3 atom stereocenters. The average Bonchev–Trinajstić information content (AvgIpc) is 2.55. The summed E-state index contributed by atoms with van der Waals surface area (Å²) >= 11 is 0. The Labute approximate surface area is 144 Å². The highest BCUT2D eigenvalue weighted by atomic mass is 16.5. The van der Waals surface area contributed by atoms with E-state index in [4.69, 9.17) is 4.74 Å². The molecular weight excluding hydrogens is 310 g/mol. The minimum Gasteiger partial charge on any atom is -0.467 e. The van der Waals surface area contributed by atoms with Crippen LogP contribution < -0.4 is 16.0 Å². The Bertz CT molecular complexity index is 438. The maximum absolute atomic E-state index is 12.6. The molecule has 2 amide bonds. The van der Waals surface area contributed by atoms with Crippen LogP contribution in [0.5, 0.6) is 0 Å². The van der Waals surface area contributed by atoms with Gasteiger partial charge in [-0.3, -0.25) is 9.59 Å². The van der Waals surface area contributed by atoms with Crippen LogP contribution in [0.1, 0.15) is 34.1 Å². The summed E-state index contributed by atoms with van der Waals surface area (Å²) in [5, 5.41) is 8.30. The first-order valence-corrected chi connectivity index (χ1v) is 8.27. The van der Waals surface area contributed by atoms with Gasteiger partial charge >= 0.3 is 5.97 Å². The molecule has 0 aliphatic carbocycles. The molecule has 7 heteroatoms. The van der Waals surface area contributed by atoms with Gasteiger partial charge in [0.15, 0.2) is 0 Å². The fraction of sp³-hybridized carbons (Fsp3) is 0.706. The summed E-state index contributed by atoms with van der Waals surface area (Å²) < 4.78 is 4.73. The quantitative estimate of drug-likeness (QED) is 0.291. The molecule has 0 aromatic carbocycles. The van der Waals surface area contributed by atoms with E-state index >= 15 is 0 Å². The van der Waals surface area contributed by atoms with Crippen LogP contribution in [-0.2, 0) is 19.1 Å². The van der Waals surface area contributed by atoms with Gasteiger partial charge < -0.3 is 20.7 Å². The van der Waals surface area contributed by atoms with Crippen LogP contribution in [0, 0.1) is 11.8 Å². The first-order chi connectivity index (χ1) is 11.3. The van der Waals surface area contributed by atoms with Gasteiger partial charge in [0, 0.05) is 6.54 Å². The monoisotopic (exact) mass is 341 g/mol. The van der Waals surface area contributed by atoms with Gasteiger partial charge in [-0.15, -0.1) is 6.58 Å². The Kier molecular flexibility index (Phi) is 10.7. The predicted molar refractivity (Wildman–Crippen MR) is 93.2 cm³/mol. The minimum atomic E-state index is -0.746. The fourth-order valence-corrected chi connectivity index (χ4v) is 2.08. The van der Waals surface area contributed by atoms with Crippen LogP contribution >= 0.6 is 0 Å². The van der Waals surface area contributed by atoms with Gasteiger partial charge in [-0.1, -0.05) is 40.2 Å². The Balaban J connectivity index is 4.96. The number of methoxy groups -OCH3 is 1. The lowest BCUT2D eigenvalue weighted by Gasteiger charge is -2.27. The molecule has 0 heterocycles. The first kappa shape index (κ1) is 22.1. The van der Waals surface area contributed by atoms with Crippen LogP contribution in [0.15, 0.2) is 12.7 Å². The number of carbonyl (C=O) groups excluding carboxylic acids is 3. The summed E-state index contributed by atoms with van der Waals surface area (Å²) in [6, 6.07) is -1.45. The van der Waals surface area contributed by atoms with E-state index in [0.29, 0.717) is 13.0 Å². The smallest absolute Gasteiger partial charge is 0.328 e. The van der Waals surface area contributed by atoms with Crippen molar-refractivity contribution in [1.82, 2.24) is 16.0 Å². The Hall–Kier alpha value is -1.89. The molecule has 0 bridgehead atoms.